The summed E-state index contributed by atoms with van der Waals surface area (Å²) in [6, 6.07) is 7.75. The lowest BCUT2D eigenvalue weighted by Crippen LogP contribution is -2.59. The van der Waals surface area contributed by atoms with Crippen LogP contribution < -0.4 is 5.32 Å². The van der Waals surface area contributed by atoms with E-state index in [0.717, 1.165) is 24.1 Å². The number of carbonyl (C=O) groups excluding carboxylic acids is 1. The Bertz CT molecular complexity index is 714. The highest BCUT2D eigenvalue weighted by atomic mass is 19.1. The average molecular weight is 313 g/mol. The number of nitrogens with zero attached hydrogens (tertiary/aromatic N) is 2. The summed E-state index contributed by atoms with van der Waals surface area (Å²) in [7, 11) is 0. The zero-order valence-corrected chi connectivity index (χ0v) is 13.0. The minimum Gasteiger partial charge on any atom is -0.349 e. The molecule has 23 heavy (non-hydrogen) atoms. The van der Waals surface area contributed by atoms with Crippen LogP contribution >= 0.6 is 0 Å². The Morgan fingerprint density at radius 1 is 1.30 bits per heavy atom. The van der Waals surface area contributed by atoms with Gasteiger partial charge in [-0.15, -0.1) is 0 Å². The monoisotopic (exact) mass is 313 g/mol. The molecule has 5 heteroatoms. The Morgan fingerprint density at radius 3 is 2.74 bits per heavy atom. The van der Waals surface area contributed by atoms with Gasteiger partial charge in [0.2, 0.25) is 0 Å². The van der Waals surface area contributed by atoms with Crippen molar-refractivity contribution in [2.24, 2.45) is 5.41 Å². The van der Waals surface area contributed by atoms with E-state index >= 15 is 0 Å². The van der Waals surface area contributed by atoms with Crippen LogP contribution in [0.25, 0.3) is 5.69 Å². The van der Waals surface area contributed by atoms with E-state index in [-0.39, 0.29) is 5.41 Å². The van der Waals surface area contributed by atoms with Crippen LogP contribution in [0.2, 0.25) is 0 Å². The summed E-state index contributed by atoms with van der Waals surface area (Å²) in [6.07, 6.45) is 9.40. The standard InChI is InChI=1S/C18H20FN3O/c19-18(11-17(12-18)6-3-7-17)16(23)21-10-14-4-1-2-5-15(14)22-9-8-20-13-22/h1-2,4-5,8-9,13H,3,6-7,10-12H2,(H,21,23). The van der Waals surface area contributed by atoms with Gasteiger partial charge in [0.1, 0.15) is 0 Å². The van der Waals surface area contributed by atoms with Gasteiger partial charge in [0, 0.05) is 18.9 Å². The molecule has 2 aromatic rings. The number of nitrogens with one attached hydrogen (secondary N) is 1. The number of amides is 1. The van der Waals surface area contributed by atoms with Crippen LogP contribution in [0, 0.1) is 5.41 Å². The summed E-state index contributed by atoms with van der Waals surface area (Å²) in [4.78, 5) is 16.3. The number of hydrogen-bond donors (Lipinski definition) is 1. The largest absolute Gasteiger partial charge is 0.349 e. The molecule has 2 aliphatic carbocycles. The van der Waals surface area contributed by atoms with E-state index in [1.54, 1.807) is 12.5 Å². The topological polar surface area (TPSA) is 46.9 Å². The first-order valence-electron chi connectivity index (χ1n) is 8.14. The first-order chi connectivity index (χ1) is 11.1. The Morgan fingerprint density at radius 2 is 2.09 bits per heavy atom. The minimum atomic E-state index is -1.66. The number of hydrogen-bond acceptors (Lipinski definition) is 2. The zero-order valence-electron chi connectivity index (χ0n) is 13.0. The molecule has 0 saturated heterocycles. The van der Waals surface area contributed by atoms with Gasteiger partial charge in [-0.25, -0.2) is 9.37 Å². The first kappa shape index (κ1) is 14.4. The molecule has 1 heterocycles. The predicted molar refractivity (Wildman–Crippen MR) is 84.8 cm³/mol. The molecular weight excluding hydrogens is 293 g/mol. The maximum atomic E-state index is 14.7. The summed E-state index contributed by atoms with van der Waals surface area (Å²) in [5.41, 5.74) is 0.368. The molecule has 1 amide bonds. The smallest absolute Gasteiger partial charge is 0.257 e. The summed E-state index contributed by atoms with van der Waals surface area (Å²) >= 11 is 0. The van der Waals surface area contributed by atoms with Crippen molar-refractivity contribution in [3.05, 3.63) is 48.5 Å². The van der Waals surface area contributed by atoms with Gasteiger partial charge >= 0.3 is 0 Å². The average Bonchev–Trinajstić information content (AvgIpc) is 3.02. The molecule has 4 rings (SSSR count). The predicted octanol–water partition coefficient (Wildman–Crippen LogP) is 3.16. The molecule has 2 fully saturated rings. The van der Waals surface area contributed by atoms with E-state index < -0.39 is 11.6 Å². The van der Waals surface area contributed by atoms with Gasteiger partial charge in [0.15, 0.2) is 5.67 Å². The second-order valence-electron chi connectivity index (χ2n) is 6.95. The van der Waals surface area contributed by atoms with Crippen LogP contribution in [0.4, 0.5) is 4.39 Å². The normalized spacial score (nSPS) is 20.6. The SMILES string of the molecule is O=C(NCc1ccccc1-n1ccnc1)C1(F)CC2(CCC2)C1. The van der Waals surface area contributed by atoms with Crippen LogP contribution in [-0.4, -0.2) is 21.1 Å². The maximum Gasteiger partial charge on any atom is 0.257 e. The number of benzene rings is 1. The molecule has 1 aromatic carbocycles. The second kappa shape index (κ2) is 5.18. The Balaban J connectivity index is 1.43. The number of para-hydroxylation sites is 1. The third kappa shape index (κ3) is 2.44. The number of carbonyl (C=O) groups is 1. The second-order valence-corrected chi connectivity index (χ2v) is 6.95. The van der Waals surface area contributed by atoms with Crippen molar-refractivity contribution in [3.8, 4) is 5.69 Å². The molecule has 2 saturated carbocycles. The van der Waals surface area contributed by atoms with E-state index in [0.29, 0.717) is 19.4 Å². The molecule has 0 atom stereocenters. The van der Waals surface area contributed by atoms with Crippen molar-refractivity contribution in [1.29, 1.82) is 0 Å². The van der Waals surface area contributed by atoms with Crippen LogP contribution in [0.15, 0.2) is 43.0 Å². The van der Waals surface area contributed by atoms with Crippen molar-refractivity contribution >= 4 is 5.91 Å². The molecule has 0 aliphatic heterocycles. The fraction of sp³-hybridized carbons (Fsp3) is 0.444. The Labute approximate surface area is 134 Å². The van der Waals surface area contributed by atoms with Crippen molar-refractivity contribution in [1.82, 2.24) is 14.9 Å². The molecule has 120 valence electrons. The van der Waals surface area contributed by atoms with Crippen LogP contribution in [0.3, 0.4) is 0 Å². The van der Waals surface area contributed by atoms with Gasteiger partial charge in [0.25, 0.3) is 5.91 Å². The first-order valence-corrected chi connectivity index (χ1v) is 8.14. The fourth-order valence-electron chi connectivity index (χ4n) is 3.98. The highest BCUT2D eigenvalue weighted by Crippen LogP contribution is 2.61. The lowest BCUT2D eigenvalue weighted by atomic mass is 9.50. The van der Waals surface area contributed by atoms with Gasteiger partial charge in [-0.05, 0) is 42.7 Å². The van der Waals surface area contributed by atoms with Crippen molar-refractivity contribution < 1.29 is 9.18 Å². The van der Waals surface area contributed by atoms with Crippen molar-refractivity contribution in [2.75, 3.05) is 0 Å². The van der Waals surface area contributed by atoms with Gasteiger partial charge in [-0.3, -0.25) is 4.79 Å². The van der Waals surface area contributed by atoms with E-state index in [4.69, 9.17) is 0 Å². The van der Waals surface area contributed by atoms with Gasteiger partial charge in [-0.2, -0.15) is 0 Å². The van der Waals surface area contributed by atoms with E-state index in [9.17, 15) is 9.18 Å². The molecule has 1 spiro atoms. The third-order valence-electron chi connectivity index (χ3n) is 5.35. The number of imidazole rings is 1. The number of alkyl halides is 1. The van der Waals surface area contributed by atoms with E-state index in [2.05, 4.69) is 10.3 Å². The lowest BCUT2D eigenvalue weighted by molar-refractivity contribution is -0.161. The lowest BCUT2D eigenvalue weighted by Gasteiger charge is -2.56. The summed E-state index contributed by atoms with van der Waals surface area (Å²) in [5, 5.41) is 2.78. The quantitative estimate of drug-likeness (QED) is 0.942. The zero-order chi connectivity index (χ0) is 15.9. The molecular formula is C18H20FN3O. The maximum absolute atomic E-state index is 14.7. The Kier molecular flexibility index (Phi) is 3.25. The highest BCUT2D eigenvalue weighted by molar-refractivity contribution is 5.86. The Hall–Kier alpha value is -2.17. The summed E-state index contributed by atoms with van der Waals surface area (Å²) in [5.74, 6) is -0.463. The molecule has 1 N–H and O–H groups in total. The third-order valence-corrected chi connectivity index (χ3v) is 5.35. The van der Waals surface area contributed by atoms with Crippen molar-refractivity contribution in [2.45, 2.75) is 44.3 Å². The fourth-order valence-corrected chi connectivity index (χ4v) is 3.98. The van der Waals surface area contributed by atoms with Gasteiger partial charge in [-0.1, -0.05) is 24.6 Å². The van der Waals surface area contributed by atoms with Crippen LogP contribution in [0.1, 0.15) is 37.7 Å². The molecule has 2 aliphatic rings. The summed E-state index contributed by atoms with van der Waals surface area (Å²) < 4.78 is 16.6. The van der Waals surface area contributed by atoms with E-state index in [1.165, 1.54) is 6.42 Å². The summed E-state index contributed by atoms with van der Waals surface area (Å²) in [6.45, 7) is 0.325. The molecule has 1 aromatic heterocycles. The number of halogens is 1. The molecule has 0 unspecified atom stereocenters. The minimum absolute atomic E-state index is 0.140. The number of aromatic nitrogens is 2. The molecule has 4 nitrogen and oxygen atoms in total. The van der Waals surface area contributed by atoms with Crippen LogP contribution in [-0.2, 0) is 11.3 Å². The van der Waals surface area contributed by atoms with Gasteiger partial charge < -0.3 is 9.88 Å². The molecule has 0 radical (unpaired) electrons. The van der Waals surface area contributed by atoms with Crippen molar-refractivity contribution in [3.63, 3.8) is 0 Å². The number of rotatable bonds is 4. The van der Waals surface area contributed by atoms with Crippen LogP contribution in [0.5, 0.6) is 0 Å². The van der Waals surface area contributed by atoms with E-state index in [1.807, 2.05) is 35.0 Å². The molecule has 0 bridgehead atoms. The highest BCUT2D eigenvalue weighted by Gasteiger charge is 2.61. The van der Waals surface area contributed by atoms with Gasteiger partial charge in [0.05, 0.1) is 12.0 Å².